The van der Waals surface area contributed by atoms with Crippen molar-refractivity contribution >= 4 is 62.9 Å². The Bertz CT molecular complexity index is 1360. The van der Waals surface area contributed by atoms with Crippen molar-refractivity contribution in [1.29, 1.82) is 0 Å². The van der Waals surface area contributed by atoms with Crippen molar-refractivity contribution in [3.05, 3.63) is 94.0 Å². The van der Waals surface area contributed by atoms with Crippen LogP contribution in [0.15, 0.2) is 82.2 Å². The zero-order chi connectivity index (χ0) is 25.8. The zero-order valence-corrected chi connectivity index (χ0v) is 21.0. The lowest BCUT2D eigenvalue weighted by molar-refractivity contribution is -0.121. The van der Waals surface area contributed by atoms with Crippen molar-refractivity contribution in [3.63, 3.8) is 0 Å². The standard InChI is InChI=1S/C26H18BrNO7S/c27-17-9-5-15(6-10-17)20(29)14-35-26(34)16-7-11-18(12-8-16)28-23(30)13-22(24(28)31)36-21-4-2-1-3-19(21)25(32)33/h1-12,22H,13-14H2,(H,32,33). The highest BCUT2D eigenvalue weighted by atomic mass is 79.9. The first-order valence-corrected chi connectivity index (χ1v) is 12.3. The van der Waals surface area contributed by atoms with Crippen molar-refractivity contribution < 1.29 is 33.8 Å². The molecule has 0 spiro atoms. The summed E-state index contributed by atoms with van der Waals surface area (Å²) in [6.45, 7) is -0.429. The maximum Gasteiger partial charge on any atom is 0.338 e. The molecular formula is C26H18BrNO7S. The molecule has 0 saturated carbocycles. The average molecular weight is 568 g/mol. The second kappa shape index (κ2) is 10.9. The van der Waals surface area contributed by atoms with Crippen LogP contribution in [0.2, 0.25) is 0 Å². The van der Waals surface area contributed by atoms with E-state index in [0.717, 1.165) is 21.1 Å². The molecule has 2 amide bonds. The quantitative estimate of drug-likeness (QED) is 0.238. The number of nitrogens with zero attached hydrogens (tertiary/aromatic N) is 1. The van der Waals surface area contributed by atoms with Crippen molar-refractivity contribution in [3.8, 4) is 0 Å². The first kappa shape index (κ1) is 25.3. The number of rotatable bonds is 8. The summed E-state index contributed by atoms with van der Waals surface area (Å²) >= 11 is 4.32. The third-order valence-corrected chi connectivity index (χ3v) is 7.15. The molecule has 0 aliphatic carbocycles. The van der Waals surface area contributed by atoms with Crippen LogP contribution in [0, 0.1) is 0 Å². The number of carbonyl (C=O) groups excluding carboxylic acids is 4. The third kappa shape index (κ3) is 5.55. The number of ether oxygens (including phenoxy) is 1. The Hall–Kier alpha value is -3.76. The number of esters is 1. The van der Waals surface area contributed by atoms with Gasteiger partial charge in [0.25, 0.3) is 0 Å². The molecule has 1 fully saturated rings. The SMILES string of the molecule is O=C(COC(=O)c1ccc(N2C(=O)CC(Sc3ccccc3C(=O)O)C2=O)cc1)c1ccc(Br)cc1. The molecule has 4 rings (SSSR count). The van der Waals surface area contributed by atoms with Gasteiger partial charge in [0, 0.05) is 21.4 Å². The molecule has 3 aromatic rings. The molecule has 1 saturated heterocycles. The average Bonchev–Trinajstić information content (AvgIpc) is 3.15. The minimum atomic E-state index is -1.12. The van der Waals surface area contributed by atoms with E-state index in [1.165, 1.54) is 30.3 Å². The van der Waals surface area contributed by atoms with E-state index in [0.29, 0.717) is 10.5 Å². The molecule has 1 unspecified atom stereocenters. The lowest BCUT2D eigenvalue weighted by Gasteiger charge is -2.15. The van der Waals surface area contributed by atoms with E-state index in [-0.39, 0.29) is 29.0 Å². The van der Waals surface area contributed by atoms with Crippen molar-refractivity contribution in [1.82, 2.24) is 0 Å². The zero-order valence-electron chi connectivity index (χ0n) is 18.5. The van der Waals surface area contributed by atoms with Crippen molar-refractivity contribution in [2.45, 2.75) is 16.6 Å². The maximum absolute atomic E-state index is 13.0. The van der Waals surface area contributed by atoms with Crippen LogP contribution in [0.4, 0.5) is 5.69 Å². The van der Waals surface area contributed by atoms with Gasteiger partial charge in [-0.2, -0.15) is 0 Å². The van der Waals surface area contributed by atoms with Gasteiger partial charge in [-0.1, -0.05) is 40.2 Å². The highest BCUT2D eigenvalue weighted by molar-refractivity contribution is 9.10. The molecule has 182 valence electrons. The summed E-state index contributed by atoms with van der Waals surface area (Å²) in [6.07, 6.45) is -0.0839. The van der Waals surface area contributed by atoms with E-state index >= 15 is 0 Å². The van der Waals surface area contributed by atoms with Gasteiger partial charge in [0.15, 0.2) is 12.4 Å². The number of hydrogen-bond acceptors (Lipinski definition) is 7. The lowest BCUT2D eigenvalue weighted by Crippen LogP contribution is -2.31. The largest absolute Gasteiger partial charge is 0.478 e. The number of ketones is 1. The molecule has 0 aromatic heterocycles. The number of benzene rings is 3. The number of carboxylic acids is 1. The van der Waals surface area contributed by atoms with Crippen LogP contribution in [0.3, 0.4) is 0 Å². The van der Waals surface area contributed by atoms with Crippen LogP contribution < -0.4 is 4.90 Å². The van der Waals surface area contributed by atoms with Crippen molar-refractivity contribution in [2.75, 3.05) is 11.5 Å². The Morgan fingerprint density at radius 1 is 0.944 bits per heavy atom. The van der Waals surface area contributed by atoms with Crippen LogP contribution >= 0.6 is 27.7 Å². The van der Waals surface area contributed by atoms with Gasteiger partial charge in [-0.25, -0.2) is 14.5 Å². The molecule has 36 heavy (non-hydrogen) atoms. The Kier molecular flexibility index (Phi) is 7.66. The molecule has 0 bridgehead atoms. The Morgan fingerprint density at radius 2 is 1.58 bits per heavy atom. The summed E-state index contributed by atoms with van der Waals surface area (Å²) in [5.74, 6) is -3.09. The van der Waals surface area contributed by atoms with Crippen LogP contribution in [-0.2, 0) is 14.3 Å². The number of hydrogen-bond donors (Lipinski definition) is 1. The molecule has 0 radical (unpaired) electrons. The highest BCUT2D eigenvalue weighted by Crippen LogP contribution is 2.35. The molecule has 1 aliphatic heterocycles. The number of imide groups is 1. The summed E-state index contributed by atoms with van der Waals surface area (Å²) in [4.78, 5) is 63.0. The molecule has 3 aromatic carbocycles. The van der Waals surface area contributed by atoms with Crippen molar-refractivity contribution in [2.24, 2.45) is 0 Å². The smallest absolute Gasteiger partial charge is 0.338 e. The fourth-order valence-corrected chi connectivity index (χ4v) is 4.99. The van der Waals surface area contributed by atoms with Crippen LogP contribution in [-0.4, -0.2) is 46.5 Å². The second-order valence-electron chi connectivity index (χ2n) is 7.73. The predicted molar refractivity (Wildman–Crippen MR) is 135 cm³/mol. The molecular weight excluding hydrogens is 550 g/mol. The summed E-state index contributed by atoms with van der Waals surface area (Å²) in [6, 6.07) is 18.6. The van der Waals surface area contributed by atoms with E-state index in [9.17, 15) is 29.1 Å². The van der Waals surface area contributed by atoms with Gasteiger partial charge in [-0.05, 0) is 48.5 Å². The van der Waals surface area contributed by atoms with Gasteiger partial charge >= 0.3 is 11.9 Å². The molecule has 1 aliphatic rings. The van der Waals surface area contributed by atoms with Gasteiger partial charge < -0.3 is 9.84 Å². The number of anilines is 1. The monoisotopic (exact) mass is 567 g/mol. The fourth-order valence-electron chi connectivity index (χ4n) is 3.55. The van der Waals surface area contributed by atoms with E-state index in [1.54, 1.807) is 42.5 Å². The Labute approximate surface area is 218 Å². The van der Waals surface area contributed by atoms with Crippen LogP contribution in [0.5, 0.6) is 0 Å². The van der Waals surface area contributed by atoms with Crippen LogP contribution in [0.25, 0.3) is 0 Å². The molecule has 10 heteroatoms. The second-order valence-corrected chi connectivity index (χ2v) is 9.89. The molecule has 1 N–H and O–H groups in total. The van der Waals surface area contributed by atoms with Gasteiger partial charge in [0.05, 0.1) is 22.1 Å². The fraction of sp³-hybridized carbons (Fsp3) is 0.115. The van der Waals surface area contributed by atoms with E-state index in [1.807, 2.05) is 0 Å². The topological polar surface area (TPSA) is 118 Å². The number of amides is 2. The number of carboxylic acid groups (broad SMARTS) is 1. The minimum absolute atomic E-state index is 0.0580. The van der Waals surface area contributed by atoms with Gasteiger partial charge in [-0.15, -0.1) is 11.8 Å². The number of carbonyl (C=O) groups is 5. The summed E-state index contributed by atoms with van der Waals surface area (Å²) in [7, 11) is 0. The number of Topliss-reactive ketones (excluding diaryl/α,β-unsaturated/α-hetero) is 1. The van der Waals surface area contributed by atoms with Crippen LogP contribution in [0.1, 0.15) is 37.5 Å². The molecule has 1 heterocycles. The summed E-state index contributed by atoms with van der Waals surface area (Å²) in [5, 5.41) is 8.59. The molecule has 1 atom stereocenters. The first-order chi connectivity index (χ1) is 17.2. The Morgan fingerprint density at radius 3 is 2.25 bits per heavy atom. The summed E-state index contributed by atoms with van der Waals surface area (Å²) in [5.41, 5.74) is 0.901. The van der Waals surface area contributed by atoms with Gasteiger partial charge in [0.1, 0.15) is 0 Å². The third-order valence-electron chi connectivity index (χ3n) is 5.35. The van der Waals surface area contributed by atoms with E-state index in [4.69, 9.17) is 4.74 Å². The van der Waals surface area contributed by atoms with E-state index < -0.39 is 35.6 Å². The first-order valence-electron chi connectivity index (χ1n) is 10.7. The predicted octanol–water partition coefficient (Wildman–Crippen LogP) is 4.61. The number of thioether (sulfide) groups is 1. The lowest BCUT2D eigenvalue weighted by atomic mass is 10.1. The molecule has 8 nitrogen and oxygen atoms in total. The van der Waals surface area contributed by atoms with E-state index in [2.05, 4.69) is 15.9 Å². The normalized spacial score (nSPS) is 15.1. The number of halogens is 1. The number of aromatic carboxylic acids is 1. The Balaban J connectivity index is 1.40. The minimum Gasteiger partial charge on any atom is -0.478 e. The summed E-state index contributed by atoms with van der Waals surface area (Å²) < 4.78 is 5.92. The highest BCUT2D eigenvalue weighted by Gasteiger charge is 2.40. The van der Waals surface area contributed by atoms with Gasteiger partial charge in [0.2, 0.25) is 11.8 Å². The maximum atomic E-state index is 13.0. The van der Waals surface area contributed by atoms with Gasteiger partial charge in [-0.3, -0.25) is 14.4 Å².